The number of hydrogen-bond donors (Lipinski definition) is 3. The number of aromatic hydroxyl groups is 2. The summed E-state index contributed by atoms with van der Waals surface area (Å²) >= 11 is 18.9. The second-order valence-corrected chi connectivity index (χ2v) is 9.47. The van der Waals surface area contributed by atoms with Gasteiger partial charge >= 0.3 is 0 Å². The summed E-state index contributed by atoms with van der Waals surface area (Å²) in [5.74, 6) is -3.23. The number of benzene rings is 3. The summed E-state index contributed by atoms with van der Waals surface area (Å²) in [7, 11) is 2.63. The number of ether oxygens (including phenoxy) is 3. The summed E-state index contributed by atoms with van der Waals surface area (Å²) in [4.78, 5) is 28.0. The quantitative estimate of drug-likeness (QED) is 0.170. The van der Waals surface area contributed by atoms with Crippen molar-refractivity contribution in [1.29, 1.82) is 0 Å². The van der Waals surface area contributed by atoms with Crippen LogP contribution in [-0.4, -0.2) is 47.8 Å². The van der Waals surface area contributed by atoms with E-state index in [-0.39, 0.29) is 72.8 Å². The van der Waals surface area contributed by atoms with Crippen molar-refractivity contribution >= 4 is 57.9 Å². The fraction of sp³-hybridized carbons (Fsp3) is 0.185. The minimum atomic E-state index is -1.31. The van der Waals surface area contributed by atoms with Crippen molar-refractivity contribution in [2.45, 2.75) is 13.0 Å². The molecule has 0 aromatic heterocycles. The molecule has 1 amide bonds. The minimum absolute atomic E-state index is 0.00591. The molecule has 1 heterocycles. The predicted octanol–water partition coefficient (Wildman–Crippen LogP) is 6.10. The molecule has 1 aliphatic rings. The van der Waals surface area contributed by atoms with Gasteiger partial charge in [0.25, 0.3) is 11.7 Å². The van der Waals surface area contributed by atoms with E-state index in [1.807, 2.05) is 0 Å². The van der Waals surface area contributed by atoms with E-state index in [1.165, 1.54) is 56.7 Å². The maximum atomic E-state index is 13.5. The number of ketones is 1. The van der Waals surface area contributed by atoms with Crippen LogP contribution < -0.4 is 19.1 Å². The van der Waals surface area contributed by atoms with Crippen LogP contribution in [0.3, 0.4) is 0 Å². The molecule has 1 unspecified atom stereocenters. The smallest absolute Gasteiger partial charge is 0.300 e. The van der Waals surface area contributed by atoms with Gasteiger partial charge in [-0.3, -0.25) is 14.5 Å². The van der Waals surface area contributed by atoms with Gasteiger partial charge in [-0.05, 0) is 48.9 Å². The molecule has 9 nitrogen and oxygen atoms in total. The Morgan fingerprint density at radius 1 is 0.949 bits per heavy atom. The molecule has 0 saturated carbocycles. The number of amides is 1. The van der Waals surface area contributed by atoms with E-state index < -0.39 is 23.5 Å². The number of Topliss-reactive ketones (excluding diaryl/α,β-unsaturated/α-hetero) is 1. The Labute approximate surface area is 238 Å². The summed E-state index contributed by atoms with van der Waals surface area (Å²) in [5, 5.41) is 32.6. The molecular weight excluding hydrogens is 573 g/mol. The standard InChI is InChI=1S/C27H22Cl3NO8/c1-4-39-19-9-12(5-7-18(19)33)22-20(23(34)14-11-15(29)26(38-3)21(30)25(14)37-2)24(35)27(36)31(22)16-10-13(28)6-8-17(16)32/h5-11,22,32-34H,4H2,1-3H3/b23-20+. The fourth-order valence-corrected chi connectivity index (χ4v) is 5.20. The first kappa shape index (κ1) is 28.2. The number of nitrogens with zero attached hydrogens (tertiary/aromatic N) is 1. The van der Waals surface area contributed by atoms with Crippen LogP contribution in [-0.2, 0) is 9.59 Å². The molecule has 1 fully saturated rings. The molecule has 12 heteroatoms. The van der Waals surface area contributed by atoms with Gasteiger partial charge in [0.15, 0.2) is 23.0 Å². The van der Waals surface area contributed by atoms with Crippen molar-refractivity contribution < 1.29 is 39.1 Å². The zero-order valence-electron chi connectivity index (χ0n) is 20.8. The highest BCUT2D eigenvalue weighted by molar-refractivity contribution is 6.52. The zero-order chi connectivity index (χ0) is 28.6. The Bertz CT molecular complexity index is 1520. The maximum Gasteiger partial charge on any atom is 0.300 e. The average Bonchev–Trinajstić information content (AvgIpc) is 3.16. The van der Waals surface area contributed by atoms with Crippen LogP contribution in [0.4, 0.5) is 5.69 Å². The molecule has 0 bridgehead atoms. The largest absolute Gasteiger partial charge is 0.507 e. The third-order valence-corrected chi connectivity index (χ3v) is 6.89. The minimum Gasteiger partial charge on any atom is -0.507 e. The van der Waals surface area contributed by atoms with Gasteiger partial charge in [0.1, 0.15) is 16.5 Å². The summed E-state index contributed by atoms with van der Waals surface area (Å²) in [6, 6.07) is 8.14. The molecule has 39 heavy (non-hydrogen) atoms. The first-order valence-corrected chi connectivity index (χ1v) is 12.5. The summed E-state index contributed by atoms with van der Waals surface area (Å²) in [5.41, 5.74) is -0.281. The van der Waals surface area contributed by atoms with Gasteiger partial charge < -0.3 is 29.5 Å². The average molecular weight is 595 g/mol. The second kappa shape index (κ2) is 11.1. The van der Waals surface area contributed by atoms with Crippen LogP contribution in [0, 0.1) is 0 Å². The molecule has 0 radical (unpaired) electrons. The van der Waals surface area contributed by atoms with E-state index >= 15 is 0 Å². The van der Waals surface area contributed by atoms with Crippen LogP contribution in [0.5, 0.6) is 28.7 Å². The molecule has 0 spiro atoms. The van der Waals surface area contributed by atoms with E-state index in [1.54, 1.807) is 6.92 Å². The molecule has 0 aliphatic carbocycles. The van der Waals surface area contributed by atoms with E-state index in [4.69, 9.17) is 49.0 Å². The normalized spacial score (nSPS) is 16.5. The number of aliphatic hydroxyl groups is 1. The molecule has 1 aliphatic heterocycles. The number of carbonyl (C=O) groups excluding carboxylic acids is 2. The number of anilines is 1. The van der Waals surface area contributed by atoms with Crippen LogP contribution >= 0.6 is 34.8 Å². The fourth-order valence-electron chi connectivity index (χ4n) is 4.35. The molecule has 4 rings (SSSR count). The van der Waals surface area contributed by atoms with Gasteiger partial charge in [-0.2, -0.15) is 0 Å². The number of phenolic OH excluding ortho intramolecular Hbond substituents is 2. The highest BCUT2D eigenvalue weighted by atomic mass is 35.5. The number of hydrogen-bond acceptors (Lipinski definition) is 8. The van der Waals surface area contributed by atoms with Gasteiger partial charge in [0, 0.05) is 5.02 Å². The van der Waals surface area contributed by atoms with Crippen LogP contribution in [0.15, 0.2) is 48.0 Å². The number of aliphatic hydroxyl groups excluding tert-OH is 1. The van der Waals surface area contributed by atoms with Crippen LogP contribution in [0.1, 0.15) is 24.1 Å². The number of carbonyl (C=O) groups is 2. The molecular formula is C27H22Cl3NO8. The number of phenols is 2. The molecule has 1 saturated heterocycles. The monoisotopic (exact) mass is 593 g/mol. The number of methoxy groups -OCH3 is 2. The van der Waals surface area contributed by atoms with Crippen molar-refractivity contribution in [2.75, 3.05) is 25.7 Å². The molecule has 3 N–H and O–H groups in total. The lowest BCUT2D eigenvalue weighted by Crippen LogP contribution is -2.29. The lowest BCUT2D eigenvalue weighted by Gasteiger charge is -2.27. The van der Waals surface area contributed by atoms with Crippen molar-refractivity contribution in [2.24, 2.45) is 0 Å². The van der Waals surface area contributed by atoms with Crippen molar-refractivity contribution in [3.63, 3.8) is 0 Å². The molecule has 1 atom stereocenters. The Balaban J connectivity index is 2.07. The number of halogens is 3. The Kier molecular flexibility index (Phi) is 8.06. The summed E-state index contributed by atoms with van der Waals surface area (Å²) < 4.78 is 16.1. The van der Waals surface area contributed by atoms with E-state index in [2.05, 4.69) is 0 Å². The maximum absolute atomic E-state index is 13.5. The van der Waals surface area contributed by atoms with Crippen molar-refractivity contribution in [3.05, 3.63) is 74.2 Å². The summed E-state index contributed by atoms with van der Waals surface area (Å²) in [6.07, 6.45) is 0. The first-order chi connectivity index (χ1) is 18.5. The van der Waals surface area contributed by atoms with Crippen LogP contribution in [0.25, 0.3) is 5.76 Å². The summed E-state index contributed by atoms with van der Waals surface area (Å²) in [6.45, 7) is 1.93. The Hall–Kier alpha value is -3.79. The van der Waals surface area contributed by atoms with E-state index in [0.29, 0.717) is 0 Å². The topological polar surface area (TPSA) is 126 Å². The van der Waals surface area contributed by atoms with Gasteiger partial charge in [0.05, 0.1) is 48.7 Å². The molecule has 204 valence electrons. The number of rotatable bonds is 7. The highest BCUT2D eigenvalue weighted by Crippen LogP contribution is 2.50. The highest BCUT2D eigenvalue weighted by Gasteiger charge is 2.48. The predicted molar refractivity (Wildman–Crippen MR) is 147 cm³/mol. The van der Waals surface area contributed by atoms with E-state index in [9.17, 15) is 24.9 Å². The lowest BCUT2D eigenvalue weighted by atomic mass is 9.94. The van der Waals surface area contributed by atoms with Crippen LogP contribution in [0.2, 0.25) is 15.1 Å². The third-order valence-electron chi connectivity index (χ3n) is 6.04. The lowest BCUT2D eigenvalue weighted by molar-refractivity contribution is -0.132. The third kappa shape index (κ3) is 4.89. The molecule has 3 aromatic rings. The zero-order valence-corrected chi connectivity index (χ0v) is 23.1. The Morgan fingerprint density at radius 2 is 1.62 bits per heavy atom. The van der Waals surface area contributed by atoms with Gasteiger partial charge in [0.2, 0.25) is 0 Å². The Morgan fingerprint density at radius 3 is 2.26 bits per heavy atom. The first-order valence-electron chi connectivity index (χ1n) is 11.4. The van der Waals surface area contributed by atoms with Crippen molar-refractivity contribution in [1.82, 2.24) is 0 Å². The van der Waals surface area contributed by atoms with Crippen molar-refractivity contribution in [3.8, 4) is 28.7 Å². The van der Waals surface area contributed by atoms with Gasteiger partial charge in [-0.1, -0.05) is 40.9 Å². The molecule has 3 aromatic carbocycles. The van der Waals surface area contributed by atoms with Gasteiger partial charge in [-0.25, -0.2) is 0 Å². The SMILES string of the molecule is CCOc1cc(C2/C(=C(\O)c3cc(Cl)c(OC)c(Cl)c3OC)C(=O)C(=O)N2c2cc(Cl)ccc2O)ccc1O. The van der Waals surface area contributed by atoms with Gasteiger partial charge in [-0.15, -0.1) is 0 Å². The second-order valence-electron chi connectivity index (χ2n) is 8.25. The van der Waals surface area contributed by atoms with E-state index in [0.717, 1.165) is 4.90 Å².